The summed E-state index contributed by atoms with van der Waals surface area (Å²) in [6.45, 7) is 0. The Balaban J connectivity index is 1.84. The van der Waals surface area contributed by atoms with Crippen LogP contribution < -0.4 is 5.32 Å². The fourth-order valence-corrected chi connectivity index (χ4v) is 4.54. The fourth-order valence-electron chi connectivity index (χ4n) is 2.56. The Hall–Kier alpha value is -1.88. The average molecular weight is 433 g/mol. The second-order valence-electron chi connectivity index (χ2n) is 5.40. The number of Topliss-reactive ketones (excluding diaryl/α,β-unsaturated/α-hetero) is 1. The van der Waals surface area contributed by atoms with Gasteiger partial charge in [-0.25, -0.2) is 0 Å². The van der Waals surface area contributed by atoms with Crippen LogP contribution in [0.2, 0.25) is 0 Å². The van der Waals surface area contributed by atoms with Crippen molar-refractivity contribution in [3.05, 3.63) is 67.3 Å². The molecule has 1 aromatic heterocycles. The third-order valence-electron chi connectivity index (χ3n) is 3.77. The van der Waals surface area contributed by atoms with Gasteiger partial charge < -0.3 is 5.32 Å². The summed E-state index contributed by atoms with van der Waals surface area (Å²) in [7, 11) is 0. The van der Waals surface area contributed by atoms with Crippen LogP contribution in [0.25, 0.3) is 0 Å². The van der Waals surface area contributed by atoms with Gasteiger partial charge in [0.15, 0.2) is 5.78 Å². The number of thioether (sulfide) groups is 1. The van der Waals surface area contributed by atoms with Gasteiger partial charge in [0.2, 0.25) is 5.91 Å². The van der Waals surface area contributed by atoms with Crippen LogP contribution >= 0.6 is 39.0 Å². The lowest BCUT2D eigenvalue weighted by Crippen LogP contribution is -2.31. The minimum absolute atomic E-state index is 0.00944. The maximum absolute atomic E-state index is 12.2. The number of thiophene rings is 1. The van der Waals surface area contributed by atoms with Crippen molar-refractivity contribution in [2.45, 2.75) is 12.3 Å². The van der Waals surface area contributed by atoms with Gasteiger partial charge in [0.05, 0.1) is 27.3 Å². The van der Waals surface area contributed by atoms with E-state index in [1.54, 1.807) is 6.07 Å². The van der Waals surface area contributed by atoms with E-state index in [0.717, 1.165) is 10.0 Å². The predicted molar refractivity (Wildman–Crippen MR) is 103 cm³/mol. The van der Waals surface area contributed by atoms with Gasteiger partial charge in [0, 0.05) is 16.8 Å². The summed E-state index contributed by atoms with van der Waals surface area (Å²) in [6.07, 6.45) is 0.230. The zero-order chi connectivity index (χ0) is 17.8. The monoisotopic (exact) mass is 432 g/mol. The summed E-state index contributed by atoms with van der Waals surface area (Å²) in [5, 5.41) is 14.7. The molecule has 1 amide bonds. The number of carbonyl (C=O) groups excluding carboxylic acids is 2. The van der Waals surface area contributed by atoms with Crippen molar-refractivity contribution < 1.29 is 9.59 Å². The lowest BCUT2D eigenvalue weighted by Gasteiger charge is -2.25. The molecule has 2 aromatic rings. The maximum atomic E-state index is 12.2. The summed E-state index contributed by atoms with van der Waals surface area (Å²) in [5.74, 6) is -0.247. The molecular weight excluding hydrogens is 420 g/mol. The first-order valence-corrected chi connectivity index (χ1v) is 10.1. The molecule has 1 aliphatic rings. The van der Waals surface area contributed by atoms with Gasteiger partial charge in [-0.3, -0.25) is 9.59 Å². The van der Waals surface area contributed by atoms with Crippen molar-refractivity contribution >= 4 is 50.7 Å². The van der Waals surface area contributed by atoms with Gasteiger partial charge in [-0.15, -0.1) is 11.3 Å². The lowest BCUT2D eigenvalue weighted by molar-refractivity contribution is -0.120. The third-order valence-corrected chi connectivity index (χ3v) is 6.23. The highest BCUT2D eigenvalue weighted by Crippen LogP contribution is 2.36. The number of carbonyl (C=O) groups is 2. The minimum atomic E-state index is -0.286. The molecule has 1 atom stereocenters. The van der Waals surface area contributed by atoms with E-state index in [-0.39, 0.29) is 29.8 Å². The second kappa shape index (κ2) is 8.00. The van der Waals surface area contributed by atoms with Gasteiger partial charge >= 0.3 is 0 Å². The van der Waals surface area contributed by atoms with Crippen molar-refractivity contribution in [3.63, 3.8) is 0 Å². The number of halogens is 1. The quantitative estimate of drug-likeness (QED) is 0.707. The van der Waals surface area contributed by atoms with Gasteiger partial charge in [-0.2, -0.15) is 5.26 Å². The van der Waals surface area contributed by atoms with Crippen LogP contribution in [0, 0.1) is 11.3 Å². The maximum Gasteiger partial charge on any atom is 0.225 e. The molecular formula is C18H13BrN2O2S2. The Morgan fingerprint density at radius 1 is 1.36 bits per heavy atom. The Labute approximate surface area is 162 Å². The van der Waals surface area contributed by atoms with Crippen molar-refractivity contribution in [3.8, 4) is 6.07 Å². The summed E-state index contributed by atoms with van der Waals surface area (Å²) >= 11 is 5.99. The van der Waals surface area contributed by atoms with E-state index in [1.165, 1.54) is 23.1 Å². The van der Waals surface area contributed by atoms with Crippen LogP contribution in [0.15, 0.2) is 56.9 Å². The fraction of sp³-hybridized carbons (Fsp3) is 0.167. The molecule has 3 rings (SSSR count). The molecule has 0 fully saturated rings. The molecule has 0 aliphatic carbocycles. The van der Waals surface area contributed by atoms with E-state index in [1.807, 2.05) is 35.7 Å². The normalized spacial score (nSPS) is 17.1. The molecule has 0 bridgehead atoms. The van der Waals surface area contributed by atoms with E-state index in [0.29, 0.717) is 15.5 Å². The average Bonchev–Trinajstić information content (AvgIpc) is 3.14. The summed E-state index contributed by atoms with van der Waals surface area (Å²) in [4.78, 5) is 25.0. The molecule has 25 heavy (non-hydrogen) atoms. The standard InChI is InChI=1S/C18H13BrN2O2S2/c19-12-5-3-11(4-6-12)13-8-17(23)21-18(14(13)9-20)25-10-15(22)16-2-1-7-24-16/h1-7,13H,8,10H2,(H,21,23)/t13-/m1/s1. The van der Waals surface area contributed by atoms with Crippen LogP contribution in [-0.2, 0) is 4.79 Å². The first kappa shape index (κ1) is 17.9. The Bertz CT molecular complexity index is 867. The van der Waals surface area contributed by atoms with Gasteiger partial charge in [0.25, 0.3) is 0 Å². The molecule has 2 heterocycles. The van der Waals surface area contributed by atoms with Crippen molar-refractivity contribution in [2.24, 2.45) is 0 Å². The number of hydrogen-bond acceptors (Lipinski definition) is 5. The largest absolute Gasteiger partial charge is 0.320 e. The molecule has 0 saturated heterocycles. The molecule has 1 aliphatic heterocycles. The third kappa shape index (κ3) is 4.21. The number of hydrogen-bond donors (Lipinski definition) is 1. The number of benzene rings is 1. The van der Waals surface area contributed by atoms with Gasteiger partial charge in [-0.1, -0.05) is 45.9 Å². The van der Waals surface area contributed by atoms with E-state index < -0.39 is 0 Å². The molecule has 126 valence electrons. The highest BCUT2D eigenvalue weighted by molar-refractivity contribution is 9.10. The summed E-state index contributed by atoms with van der Waals surface area (Å²) in [6, 6.07) is 13.4. The SMILES string of the molecule is N#CC1=C(SCC(=O)c2cccs2)NC(=O)C[C@@H]1c1ccc(Br)cc1. The predicted octanol–water partition coefficient (Wildman–Crippen LogP) is 4.47. The van der Waals surface area contributed by atoms with Crippen LogP contribution in [0.4, 0.5) is 0 Å². The number of nitriles is 1. The number of amides is 1. The topological polar surface area (TPSA) is 70.0 Å². The minimum Gasteiger partial charge on any atom is -0.320 e. The zero-order valence-electron chi connectivity index (χ0n) is 13.0. The van der Waals surface area contributed by atoms with Crippen LogP contribution in [0.5, 0.6) is 0 Å². The molecule has 0 unspecified atom stereocenters. The van der Waals surface area contributed by atoms with Crippen LogP contribution in [0.3, 0.4) is 0 Å². The molecule has 4 nitrogen and oxygen atoms in total. The molecule has 1 aromatic carbocycles. The van der Waals surface area contributed by atoms with E-state index in [2.05, 4.69) is 27.3 Å². The number of allylic oxidation sites excluding steroid dienone is 1. The number of rotatable bonds is 5. The first-order chi connectivity index (χ1) is 12.1. The highest BCUT2D eigenvalue weighted by Gasteiger charge is 2.29. The second-order valence-corrected chi connectivity index (χ2v) is 8.25. The van der Waals surface area contributed by atoms with Crippen LogP contribution in [-0.4, -0.2) is 17.4 Å². The van der Waals surface area contributed by atoms with E-state index >= 15 is 0 Å². The summed E-state index contributed by atoms with van der Waals surface area (Å²) in [5.41, 5.74) is 1.42. The molecule has 1 N–H and O–H groups in total. The molecule has 7 heteroatoms. The number of nitrogens with one attached hydrogen (secondary N) is 1. The van der Waals surface area contributed by atoms with E-state index in [9.17, 15) is 14.9 Å². The van der Waals surface area contributed by atoms with Crippen molar-refractivity contribution in [1.29, 1.82) is 5.26 Å². The first-order valence-electron chi connectivity index (χ1n) is 7.47. The number of nitrogens with zero attached hydrogens (tertiary/aromatic N) is 1. The Kier molecular flexibility index (Phi) is 5.74. The number of ketones is 1. The van der Waals surface area contributed by atoms with Crippen molar-refractivity contribution in [2.75, 3.05) is 5.75 Å². The van der Waals surface area contributed by atoms with Gasteiger partial charge in [0.1, 0.15) is 0 Å². The smallest absolute Gasteiger partial charge is 0.225 e. The molecule has 0 saturated carbocycles. The molecule has 0 spiro atoms. The summed E-state index contributed by atoms with van der Waals surface area (Å²) < 4.78 is 0.940. The van der Waals surface area contributed by atoms with E-state index in [4.69, 9.17) is 0 Å². The zero-order valence-corrected chi connectivity index (χ0v) is 16.2. The Morgan fingerprint density at radius 2 is 2.12 bits per heavy atom. The van der Waals surface area contributed by atoms with Crippen molar-refractivity contribution in [1.82, 2.24) is 5.32 Å². The lowest BCUT2D eigenvalue weighted by atomic mass is 9.87. The highest BCUT2D eigenvalue weighted by atomic mass is 79.9. The Morgan fingerprint density at radius 3 is 2.76 bits per heavy atom. The van der Waals surface area contributed by atoms with Gasteiger partial charge in [-0.05, 0) is 29.1 Å². The molecule has 0 radical (unpaired) electrons. The van der Waals surface area contributed by atoms with Crippen LogP contribution in [0.1, 0.15) is 27.6 Å².